The Morgan fingerprint density at radius 2 is 2.00 bits per heavy atom. The smallest absolute Gasteiger partial charge is 0.186 e. The molecular weight excluding hydrogens is 278 g/mol. The fraction of sp³-hybridized carbons (Fsp3) is 0.455. The summed E-state index contributed by atoms with van der Waals surface area (Å²) in [5, 5.41) is 18.4. The molecule has 0 aromatic heterocycles. The van der Waals surface area contributed by atoms with Crippen LogP contribution in [0.2, 0.25) is 5.02 Å². The summed E-state index contributed by atoms with van der Waals surface area (Å²) >= 11 is 5.84. The topological polar surface area (TPSA) is 101 Å². The van der Waals surface area contributed by atoms with Gasteiger partial charge in [0.2, 0.25) is 0 Å². The highest BCUT2D eigenvalue weighted by Crippen LogP contribution is 2.40. The van der Waals surface area contributed by atoms with Crippen LogP contribution in [0, 0.1) is 0 Å². The van der Waals surface area contributed by atoms with E-state index >= 15 is 0 Å². The Morgan fingerprint density at radius 1 is 1.33 bits per heavy atom. The summed E-state index contributed by atoms with van der Waals surface area (Å²) in [6, 6.07) is 2.69. The van der Waals surface area contributed by atoms with Gasteiger partial charge in [0.1, 0.15) is 4.90 Å². The number of hydrogen-bond acceptors (Lipinski definition) is 5. The summed E-state index contributed by atoms with van der Waals surface area (Å²) in [6.07, 6.45) is 0.331. The number of aliphatic hydroxyl groups is 1. The monoisotopic (exact) mass is 291 g/mol. The Morgan fingerprint density at radius 3 is 2.56 bits per heavy atom. The van der Waals surface area contributed by atoms with Crippen molar-refractivity contribution in [2.24, 2.45) is 0 Å². The summed E-state index contributed by atoms with van der Waals surface area (Å²) in [4.78, 5) is -0.330. The van der Waals surface area contributed by atoms with Crippen molar-refractivity contribution < 1.29 is 18.6 Å². The van der Waals surface area contributed by atoms with E-state index in [4.69, 9.17) is 17.3 Å². The Bertz CT molecular complexity index is 573. The van der Waals surface area contributed by atoms with Crippen molar-refractivity contribution in [3.63, 3.8) is 0 Å². The molecule has 100 valence electrons. The molecule has 5 nitrogen and oxygen atoms in total. The number of aliphatic hydroxyl groups excluding tert-OH is 1. The van der Waals surface area contributed by atoms with E-state index in [9.17, 15) is 18.6 Å². The van der Waals surface area contributed by atoms with Crippen LogP contribution in [0.3, 0.4) is 0 Å². The number of hydrogen-bond donors (Lipinski definition) is 3. The fourth-order valence-corrected chi connectivity index (χ4v) is 4.66. The highest BCUT2D eigenvalue weighted by molar-refractivity contribution is 7.92. The quantitative estimate of drug-likeness (QED) is 0.563. The molecule has 0 radical (unpaired) electrons. The molecule has 0 heterocycles. The minimum Gasteiger partial charge on any atom is -0.504 e. The zero-order chi connectivity index (χ0) is 13.5. The summed E-state index contributed by atoms with van der Waals surface area (Å²) < 4.78 is 24.7. The highest BCUT2D eigenvalue weighted by atomic mass is 35.5. The number of rotatable bonds is 2. The maximum Gasteiger partial charge on any atom is 0.186 e. The van der Waals surface area contributed by atoms with Gasteiger partial charge in [-0.2, -0.15) is 0 Å². The molecule has 7 heteroatoms. The average Bonchev–Trinajstić information content (AvgIpc) is 2.71. The van der Waals surface area contributed by atoms with Crippen LogP contribution >= 0.6 is 11.6 Å². The molecule has 2 rings (SSSR count). The molecule has 4 N–H and O–H groups in total. The van der Waals surface area contributed by atoms with Crippen molar-refractivity contribution in [1.82, 2.24) is 0 Å². The highest BCUT2D eigenvalue weighted by Gasteiger charge is 2.37. The first-order valence-corrected chi connectivity index (χ1v) is 7.45. The number of aromatic hydroxyl groups is 1. The molecule has 18 heavy (non-hydrogen) atoms. The molecular formula is C11H14ClNO4S. The van der Waals surface area contributed by atoms with Crippen LogP contribution in [0.15, 0.2) is 17.0 Å². The number of anilines is 1. The molecule has 2 atom stereocenters. The summed E-state index contributed by atoms with van der Waals surface area (Å²) in [6.45, 7) is 0. The molecule has 0 amide bonds. The molecule has 1 aliphatic carbocycles. The van der Waals surface area contributed by atoms with Crippen molar-refractivity contribution in [2.45, 2.75) is 35.5 Å². The van der Waals surface area contributed by atoms with Gasteiger partial charge in [-0.25, -0.2) is 8.42 Å². The first-order valence-electron chi connectivity index (χ1n) is 5.53. The van der Waals surface area contributed by atoms with E-state index in [0.717, 1.165) is 0 Å². The molecule has 0 spiro atoms. The molecule has 1 aromatic carbocycles. The molecule has 1 unspecified atom stereocenters. The molecule has 1 aliphatic rings. The lowest BCUT2D eigenvalue weighted by Gasteiger charge is -2.15. The van der Waals surface area contributed by atoms with Gasteiger partial charge in [0, 0.05) is 0 Å². The first-order chi connectivity index (χ1) is 8.34. The maximum atomic E-state index is 12.4. The Labute approximate surface area is 110 Å². The normalized spacial score (nSPS) is 24.3. The zero-order valence-electron chi connectivity index (χ0n) is 9.51. The fourth-order valence-electron chi connectivity index (χ4n) is 2.20. The van der Waals surface area contributed by atoms with Gasteiger partial charge in [0.05, 0.1) is 22.1 Å². The number of nitrogen functional groups attached to an aromatic ring is 1. The minimum atomic E-state index is -3.78. The third-order valence-corrected chi connectivity index (χ3v) is 5.91. The van der Waals surface area contributed by atoms with E-state index in [0.29, 0.717) is 12.8 Å². The van der Waals surface area contributed by atoms with Crippen LogP contribution in [-0.2, 0) is 9.84 Å². The van der Waals surface area contributed by atoms with E-state index < -0.39 is 26.9 Å². The second kappa shape index (κ2) is 4.60. The lowest BCUT2D eigenvalue weighted by atomic mass is 10.3. The molecule has 0 saturated heterocycles. The predicted octanol–water partition coefficient (Wildman–Crippen LogP) is 1.31. The van der Waals surface area contributed by atoms with Crippen LogP contribution < -0.4 is 5.73 Å². The van der Waals surface area contributed by atoms with Crippen molar-refractivity contribution in [1.29, 1.82) is 0 Å². The van der Waals surface area contributed by atoms with Crippen molar-refractivity contribution >= 4 is 27.1 Å². The summed E-state index contributed by atoms with van der Waals surface area (Å²) in [5.74, 6) is -0.510. The number of phenolic OH excluding ortho intramolecular Hbond substituents is 1. The van der Waals surface area contributed by atoms with E-state index in [1.807, 2.05) is 0 Å². The van der Waals surface area contributed by atoms with Gasteiger partial charge < -0.3 is 15.9 Å². The van der Waals surface area contributed by atoms with E-state index in [2.05, 4.69) is 0 Å². The number of sulfone groups is 1. The number of halogens is 1. The molecule has 1 aromatic rings. The first kappa shape index (κ1) is 13.5. The van der Waals surface area contributed by atoms with Gasteiger partial charge in [0.15, 0.2) is 15.6 Å². The van der Waals surface area contributed by atoms with E-state index in [-0.39, 0.29) is 22.0 Å². The van der Waals surface area contributed by atoms with E-state index in [1.165, 1.54) is 12.1 Å². The van der Waals surface area contributed by atoms with Crippen LogP contribution in [0.5, 0.6) is 5.75 Å². The van der Waals surface area contributed by atoms with Crippen LogP contribution in [0.1, 0.15) is 19.3 Å². The third-order valence-electron chi connectivity index (χ3n) is 3.19. The average molecular weight is 292 g/mol. The SMILES string of the molecule is Nc1ccc(Cl)c(S(=O)(=O)C2CC[C@@H](O)C2)c1O. The van der Waals surface area contributed by atoms with Gasteiger partial charge in [-0.3, -0.25) is 0 Å². The third kappa shape index (κ3) is 2.15. The van der Waals surface area contributed by atoms with Gasteiger partial charge in [-0.05, 0) is 31.4 Å². The minimum absolute atomic E-state index is 0.0310. The van der Waals surface area contributed by atoms with Crippen molar-refractivity contribution in [3.05, 3.63) is 17.2 Å². The van der Waals surface area contributed by atoms with E-state index in [1.54, 1.807) is 0 Å². The van der Waals surface area contributed by atoms with Gasteiger partial charge in [-0.15, -0.1) is 0 Å². The summed E-state index contributed by atoms with van der Waals surface area (Å²) in [7, 11) is -3.78. The van der Waals surface area contributed by atoms with Crippen LogP contribution in [-0.4, -0.2) is 30.0 Å². The largest absolute Gasteiger partial charge is 0.504 e. The summed E-state index contributed by atoms with van der Waals surface area (Å²) in [5.41, 5.74) is 5.46. The second-order valence-electron chi connectivity index (χ2n) is 4.45. The van der Waals surface area contributed by atoms with Gasteiger partial charge in [-0.1, -0.05) is 11.6 Å². The number of benzene rings is 1. The van der Waals surface area contributed by atoms with Gasteiger partial charge in [0.25, 0.3) is 0 Å². The zero-order valence-corrected chi connectivity index (χ0v) is 11.1. The lowest BCUT2D eigenvalue weighted by molar-refractivity contribution is 0.183. The Hall–Kier alpha value is -0.980. The Kier molecular flexibility index (Phi) is 3.44. The second-order valence-corrected chi connectivity index (χ2v) is 7.02. The van der Waals surface area contributed by atoms with Crippen LogP contribution in [0.4, 0.5) is 5.69 Å². The van der Waals surface area contributed by atoms with Crippen molar-refractivity contribution in [3.8, 4) is 5.75 Å². The van der Waals surface area contributed by atoms with Gasteiger partial charge >= 0.3 is 0 Å². The standard InChI is InChI=1S/C11H14ClNO4S/c12-8-3-4-9(13)10(15)11(8)18(16,17)7-2-1-6(14)5-7/h3-4,6-7,14-15H,1-2,5,13H2/t6-,7?/m1/s1. The van der Waals surface area contributed by atoms with Crippen LogP contribution in [0.25, 0.3) is 0 Å². The number of phenols is 1. The predicted molar refractivity (Wildman–Crippen MR) is 68.4 cm³/mol. The maximum absolute atomic E-state index is 12.4. The molecule has 1 saturated carbocycles. The van der Waals surface area contributed by atoms with Crippen molar-refractivity contribution in [2.75, 3.05) is 5.73 Å². The lowest BCUT2D eigenvalue weighted by Crippen LogP contribution is -2.20. The number of nitrogens with two attached hydrogens (primary N) is 1. The molecule has 1 fully saturated rings. The molecule has 0 bridgehead atoms. The molecule has 0 aliphatic heterocycles. The Balaban J connectivity index is 2.51.